The summed E-state index contributed by atoms with van der Waals surface area (Å²) in [5.74, 6) is 2.17. The zero-order valence-corrected chi connectivity index (χ0v) is 18.5. The molecule has 4 heterocycles. The first-order valence-corrected chi connectivity index (χ1v) is 12.2. The minimum Gasteiger partial charge on any atom is -0.473 e. The average Bonchev–Trinajstić information content (AvgIpc) is 3.42. The highest BCUT2D eigenvalue weighted by atomic mass is 32.2. The van der Waals surface area contributed by atoms with Gasteiger partial charge in [0.05, 0.1) is 18.0 Å². The smallest absolute Gasteiger partial charge is 0.233 e. The second-order valence-electron chi connectivity index (χ2n) is 8.16. The summed E-state index contributed by atoms with van der Waals surface area (Å²) in [6.45, 7) is 1.44. The number of rotatable bonds is 5. The number of aliphatic hydroxyl groups is 1. The van der Waals surface area contributed by atoms with Crippen molar-refractivity contribution < 1.29 is 14.1 Å². The number of pyridine rings is 1. The van der Waals surface area contributed by atoms with Crippen LogP contribution in [0.2, 0.25) is 0 Å². The van der Waals surface area contributed by atoms with E-state index in [1.54, 1.807) is 24.0 Å². The van der Waals surface area contributed by atoms with Crippen LogP contribution in [-0.2, 0) is 9.73 Å². The van der Waals surface area contributed by atoms with Crippen molar-refractivity contribution >= 4 is 21.1 Å². The van der Waals surface area contributed by atoms with E-state index in [1.807, 2.05) is 12.1 Å². The highest BCUT2D eigenvalue weighted by Crippen LogP contribution is 2.35. The molecule has 0 bridgehead atoms. The SMILES string of the molecule is CN=S1(=O)CCN(c2ccc(-c3nc(OCC4(O)CC4)cn4ncc(C#N)c34)cn2)CC1. The molecule has 2 aliphatic rings. The van der Waals surface area contributed by atoms with Crippen molar-refractivity contribution in [3.8, 4) is 23.2 Å². The van der Waals surface area contributed by atoms with Crippen molar-refractivity contribution in [1.82, 2.24) is 19.6 Å². The molecule has 3 aromatic rings. The molecule has 1 N–H and O–H groups in total. The summed E-state index contributed by atoms with van der Waals surface area (Å²) in [5.41, 5.74) is 1.45. The predicted molar refractivity (Wildman–Crippen MR) is 119 cm³/mol. The Labute approximate surface area is 185 Å². The van der Waals surface area contributed by atoms with E-state index in [4.69, 9.17) is 4.74 Å². The van der Waals surface area contributed by atoms with Gasteiger partial charge in [-0.1, -0.05) is 0 Å². The molecule has 1 aliphatic heterocycles. The number of aromatic nitrogens is 4. The highest BCUT2D eigenvalue weighted by molar-refractivity contribution is 7.93. The van der Waals surface area contributed by atoms with Gasteiger partial charge in [-0.3, -0.25) is 0 Å². The monoisotopic (exact) mass is 453 g/mol. The first-order valence-electron chi connectivity index (χ1n) is 10.4. The van der Waals surface area contributed by atoms with Crippen LogP contribution in [0.5, 0.6) is 5.88 Å². The van der Waals surface area contributed by atoms with Gasteiger partial charge in [0.1, 0.15) is 35.3 Å². The van der Waals surface area contributed by atoms with Crippen molar-refractivity contribution in [2.24, 2.45) is 4.36 Å². The molecule has 166 valence electrons. The first-order chi connectivity index (χ1) is 15.4. The van der Waals surface area contributed by atoms with E-state index < -0.39 is 15.3 Å². The van der Waals surface area contributed by atoms with Gasteiger partial charge in [-0.2, -0.15) is 10.4 Å². The van der Waals surface area contributed by atoms with Gasteiger partial charge in [0.25, 0.3) is 0 Å². The lowest BCUT2D eigenvalue weighted by Gasteiger charge is -2.29. The molecular weight excluding hydrogens is 430 g/mol. The number of anilines is 1. The van der Waals surface area contributed by atoms with Crippen LogP contribution < -0.4 is 9.64 Å². The molecule has 32 heavy (non-hydrogen) atoms. The van der Waals surface area contributed by atoms with E-state index in [0.717, 1.165) is 11.4 Å². The van der Waals surface area contributed by atoms with Gasteiger partial charge >= 0.3 is 0 Å². The summed E-state index contributed by atoms with van der Waals surface area (Å²) in [5, 5.41) is 23.8. The van der Waals surface area contributed by atoms with E-state index in [1.165, 1.54) is 6.20 Å². The molecule has 5 rings (SSSR count). The van der Waals surface area contributed by atoms with Crippen LogP contribution in [0.15, 0.2) is 35.1 Å². The van der Waals surface area contributed by atoms with Gasteiger partial charge in [-0.15, -0.1) is 0 Å². The maximum atomic E-state index is 12.4. The second kappa shape index (κ2) is 7.72. The summed E-state index contributed by atoms with van der Waals surface area (Å²) in [7, 11) is -0.470. The lowest BCUT2D eigenvalue weighted by molar-refractivity contribution is 0.0831. The van der Waals surface area contributed by atoms with E-state index in [0.29, 0.717) is 60.1 Å². The number of fused-ring (bicyclic) bond motifs is 1. The Hall–Kier alpha value is -3.23. The summed E-state index contributed by atoms with van der Waals surface area (Å²) >= 11 is 0. The Morgan fingerprint density at radius 2 is 2.09 bits per heavy atom. The van der Waals surface area contributed by atoms with Gasteiger partial charge in [0.15, 0.2) is 0 Å². The molecule has 0 aromatic carbocycles. The highest BCUT2D eigenvalue weighted by Gasteiger charge is 2.41. The largest absolute Gasteiger partial charge is 0.473 e. The van der Waals surface area contributed by atoms with Gasteiger partial charge in [0, 0.05) is 53.1 Å². The third-order valence-corrected chi connectivity index (χ3v) is 8.26. The molecule has 0 atom stereocenters. The molecule has 0 spiro atoms. The standard InChI is InChI=1S/C21H23N7O3S/c1-23-32(30)8-6-27(7-9-32)17-3-2-15(11-24-17)19-20-16(10-22)12-25-28(20)13-18(26-19)31-14-21(29)4-5-21/h2-3,11-13,29H,4-9,14H2,1H3. The van der Waals surface area contributed by atoms with E-state index in [9.17, 15) is 14.6 Å². The maximum Gasteiger partial charge on any atom is 0.233 e. The molecular formula is C21H23N7O3S. The normalized spacial score (nSPS) is 18.8. The fourth-order valence-electron chi connectivity index (χ4n) is 3.69. The van der Waals surface area contributed by atoms with Crippen molar-refractivity contribution in [2.75, 3.05) is 43.1 Å². The summed E-state index contributed by atoms with van der Waals surface area (Å²) in [6.07, 6.45) is 6.24. The first kappa shape index (κ1) is 20.7. The van der Waals surface area contributed by atoms with Gasteiger partial charge < -0.3 is 14.7 Å². The Kier molecular flexibility index (Phi) is 4.98. The quantitative estimate of drug-likeness (QED) is 0.615. The van der Waals surface area contributed by atoms with Gasteiger partial charge in [0.2, 0.25) is 5.88 Å². The van der Waals surface area contributed by atoms with Crippen LogP contribution in [-0.4, -0.2) is 72.7 Å². The lowest BCUT2D eigenvalue weighted by Crippen LogP contribution is -2.40. The number of hydrogen-bond donors (Lipinski definition) is 1. The Bertz CT molecular complexity index is 1320. The predicted octanol–water partition coefficient (Wildman–Crippen LogP) is 1.48. The fraction of sp³-hybridized carbons (Fsp3) is 0.429. The number of ether oxygens (including phenoxy) is 1. The minimum atomic E-state index is -2.09. The van der Waals surface area contributed by atoms with Crippen LogP contribution in [0.1, 0.15) is 18.4 Å². The fourth-order valence-corrected chi connectivity index (χ4v) is 5.27. The molecule has 2 fully saturated rings. The van der Waals surface area contributed by atoms with E-state index in [2.05, 4.69) is 30.4 Å². The van der Waals surface area contributed by atoms with Crippen LogP contribution in [0.25, 0.3) is 16.8 Å². The summed E-state index contributed by atoms with van der Waals surface area (Å²) in [4.78, 5) is 11.3. The molecule has 0 radical (unpaired) electrons. The minimum absolute atomic E-state index is 0.163. The molecule has 11 heteroatoms. The third kappa shape index (κ3) is 3.87. The average molecular weight is 454 g/mol. The maximum absolute atomic E-state index is 12.4. The summed E-state index contributed by atoms with van der Waals surface area (Å²) < 4.78 is 23.8. The topological polar surface area (TPSA) is 129 Å². The molecule has 3 aromatic heterocycles. The molecule has 1 saturated carbocycles. The number of nitriles is 1. The zero-order chi connectivity index (χ0) is 22.3. The second-order valence-corrected chi connectivity index (χ2v) is 10.9. The molecule has 1 aliphatic carbocycles. The number of hydrogen-bond acceptors (Lipinski definition) is 9. The number of nitrogens with zero attached hydrogens (tertiary/aromatic N) is 7. The van der Waals surface area contributed by atoms with Crippen LogP contribution in [0.3, 0.4) is 0 Å². The molecule has 10 nitrogen and oxygen atoms in total. The van der Waals surface area contributed by atoms with E-state index >= 15 is 0 Å². The lowest BCUT2D eigenvalue weighted by atomic mass is 10.1. The van der Waals surface area contributed by atoms with Crippen LogP contribution in [0.4, 0.5) is 5.82 Å². The molecule has 0 amide bonds. The van der Waals surface area contributed by atoms with E-state index in [-0.39, 0.29) is 6.61 Å². The van der Waals surface area contributed by atoms with Gasteiger partial charge in [-0.25, -0.2) is 23.1 Å². The Morgan fingerprint density at radius 3 is 2.72 bits per heavy atom. The van der Waals surface area contributed by atoms with Crippen molar-refractivity contribution in [2.45, 2.75) is 18.4 Å². The van der Waals surface area contributed by atoms with Crippen LogP contribution in [0, 0.1) is 11.3 Å². The van der Waals surface area contributed by atoms with Crippen molar-refractivity contribution in [3.63, 3.8) is 0 Å². The Balaban J connectivity index is 1.46. The molecule has 1 saturated heterocycles. The third-order valence-electron chi connectivity index (χ3n) is 5.95. The van der Waals surface area contributed by atoms with Gasteiger partial charge in [-0.05, 0) is 25.0 Å². The van der Waals surface area contributed by atoms with Crippen molar-refractivity contribution in [1.29, 1.82) is 5.26 Å². The Morgan fingerprint density at radius 1 is 1.31 bits per heavy atom. The van der Waals surface area contributed by atoms with Crippen LogP contribution >= 0.6 is 0 Å². The summed E-state index contributed by atoms with van der Waals surface area (Å²) in [6, 6.07) is 5.94. The van der Waals surface area contributed by atoms with Crippen molar-refractivity contribution in [3.05, 3.63) is 36.3 Å². The molecule has 0 unspecified atom stereocenters. The zero-order valence-electron chi connectivity index (χ0n) is 17.6.